The quantitative estimate of drug-likeness (QED) is 0.763. The Balaban J connectivity index is 1.59. The van der Waals surface area contributed by atoms with Crippen LogP contribution in [-0.2, 0) is 19.5 Å². The summed E-state index contributed by atoms with van der Waals surface area (Å²) in [6.45, 7) is 3.85. The van der Waals surface area contributed by atoms with Crippen molar-refractivity contribution >= 4 is 11.7 Å². The van der Waals surface area contributed by atoms with Crippen molar-refractivity contribution in [3.63, 3.8) is 0 Å². The Kier molecular flexibility index (Phi) is 6.58. The van der Waals surface area contributed by atoms with Gasteiger partial charge in [-0.05, 0) is 51.6 Å². The van der Waals surface area contributed by atoms with Gasteiger partial charge in [0, 0.05) is 25.6 Å². The minimum Gasteiger partial charge on any atom is -0.495 e. The Morgan fingerprint density at radius 1 is 1.34 bits per heavy atom. The Morgan fingerprint density at radius 2 is 2.14 bits per heavy atom. The first-order valence-electron chi connectivity index (χ1n) is 9.90. The predicted molar refractivity (Wildman–Crippen MR) is 112 cm³/mol. The van der Waals surface area contributed by atoms with E-state index in [0.29, 0.717) is 37.4 Å². The van der Waals surface area contributed by atoms with Crippen molar-refractivity contribution < 1.29 is 9.53 Å². The third-order valence-corrected chi connectivity index (χ3v) is 5.11. The average molecular weight is 402 g/mol. The van der Waals surface area contributed by atoms with Crippen LogP contribution < -0.4 is 21.1 Å². The number of rotatable bonds is 6. The lowest BCUT2D eigenvalue weighted by molar-refractivity contribution is 0.246. The van der Waals surface area contributed by atoms with Crippen molar-refractivity contribution in [3.05, 3.63) is 40.1 Å². The number of methoxy groups -OCH3 is 1. The SMILES string of the molecule is COc1ccc(C)cc1NC(=O)NC1CCc2nn(CCN(C)C)c(=O)n2CC1. The van der Waals surface area contributed by atoms with Gasteiger partial charge in [0.15, 0.2) is 0 Å². The number of hydrogen-bond acceptors (Lipinski definition) is 5. The summed E-state index contributed by atoms with van der Waals surface area (Å²) in [5, 5.41) is 10.4. The van der Waals surface area contributed by atoms with Gasteiger partial charge in [0.25, 0.3) is 0 Å². The van der Waals surface area contributed by atoms with Gasteiger partial charge in [-0.2, -0.15) is 5.10 Å². The van der Waals surface area contributed by atoms with Crippen molar-refractivity contribution in [1.82, 2.24) is 24.6 Å². The summed E-state index contributed by atoms with van der Waals surface area (Å²) >= 11 is 0. The van der Waals surface area contributed by atoms with E-state index in [2.05, 4.69) is 15.7 Å². The largest absolute Gasteiger partial charge is 0.495 e. The van der Waals surface area contributed by atoms with Crippen LogP contribution in [0, 0.1) is 6.92 Å². The Bertz CT molecular complexity index is 917. The van der Waals surface area contributed by atoms with Crippen LogP contribution in [0.4, 0.5) is 10.5 Å². The van der Waals surface area contributed by atoms with Gasteiger partial charge < -0.3 is 20.3 Å². The Labute approximate surface area is 170 Å². The molecule has 9 nitrogen and oxygen atoms in total. The normalized spacial score (nSPS) is 16.2. The van der Waals surface area contributed by atoms with E-state index >= 15 is 0 Å². The molecule has 3 rings (SSSR count). The molecule has 2 amide bonds. The molecule has 0 fully saturated rings. The highest BCUT2D eigenvalue weighted by Gasteiger charge is 2.22. The molecular weight excluding hydrogens is 372 g/mol. The van der Waals surface area contributed by atoms with Crippen LogP contribution in [0.1, 0.15) is 24.2 Å². The molecule has 1 aliphatic heterocycles. The van der Waals surface area contributed by atoms with E-state index < -0.39 is 0 Å². The summed E-state index contributed by atoms with van der Waals surface area (Å²) in [6, 6.07) is 5.33. The van der Waals surface area contributed by atoms with E-state index in [1.807, 2.05) is 44.1 Å². The van der Waals surface area contributed by atoms with Crippen LogP contribution in [0.15, 0.2) is 23.0 Å². The first kappa shape index (κ1) is 20.9. The molecule has 1 aromatic carbocycles. The second kappa shape index (κ2) is 9.13. The van der Waals surface area contributed by atoms with Crippen LogP contribution in [0.2, 0.25) is 0 Å². The number of fused-ring (bicyclic) bond motifs is 1. The van der Waals surface area contributed by atoms with Crippen LogP contribution in [0.25, 0.3) is 0 Å². The third kappa shape index (κ3) is 5.17. The summed E-state index contributed by atoms with van der Waals surface area (Å²) < 4.78 is 8.58. The van der Waals surface area contributed by atoms with Crippen molar-refractivity contribution in [2.24, 2.45) is 0 Å². The molecule has 1 unspecified atom stereocenters. The fraction of sp³-hybridized carbons (Fsp3) is 0.550. The number of ether oxygens (including phenoxy) is 1. The molecule has 2 N–H and O–H groups in total. The summed E-state index contributed by atoms with van der Waals surface area (Å²) in [5.41, 5.74) is 1.60. The molecule has 2 heterocycles. The molecule has 0 aliphatic carbocycles. The number of urea groups is 1. The zero-order chi connectivity index (χ0) is 21.0. The number of nitrogens with one attached hydrogen (secondary N) is 2. The van der Waals surface area contributed by atoms with Crippen molar-refractivity contribution in [3.8, 4) is 5.75 Å². The second-order valence-corrected chi connectivity index (χ2v) is 7.70. The zero-order valence-corrected chi connectivity index (χ0v) is 17.6. The van der Waals surface area contributed by atoms with Crippen molar-refractivity contribution in [2.75, 3.05) is 33.1 Å². The summed E-state index contributed by atoms with van der Waals surface area (Å²) in [4.78, 5) is 27.1. The van der Waals surface area contributed by atoms with Crippen LogP contribution in [-0.4, -0.2) is 59.1 Å². The standard InChI is InChI=1S/C20H30N6O3/c1-14-5-7-17(29-4)16(13-14)22-19(27)21-15-6-8-18-23-26(12-11-24(2)3)20(28)25(18)10-9-15/h5,7,13,15H,6,8-12H2,1-4H3,(H2,21,22,27). The van der Waals surface area contributed by atoms with E-state index in [4.69, 9.17) is 4.74 Å². The van der Waals surface area contributed by atoms with Gasteiger partial charge in [0.1, 0.15) is 11.6 Å². The molecule has 0 saturated heterocycles. The number of nitrogens with zero attached hydrogens (tertiary/aromatic N) is 4. The maximum Gasteiger partial charge on any atom is 0.345 e. The summed E-state index contributed by atoms with van der Waals surface area (Å²) in [5.74, 6) is 1.41. The maximum absolute atomic E-state index is 12.6. The maximum atomic E-state index is 12.6. The molecule has 9 heteroatoms. The molecule has 0 radical (unpaired) electrons. The number of benzene rings is 1. The Hall–Kier alpha value is -2.81. The molecule has 1 atom stereocenters. The Morgan fingerprint density at radius 3 is 2.86 bits per heavy atom. The number of aryl methyl sites for hydroxylation is 2. The minimum absolute atomic E-state index is 0.0258. The highest BCUT2D eigenvalue weighted by molar-refractivity contribution is 5.91. The number of hydrogen-bond donors (Lipinski definition) is 2. The first-order chi connectivity index (χ1) is 13.9. The number of likely N-dealkylation sites (N-methyl/N-ethyl adjacent to an activating group) is 1. The monoisotopic (exact) mass is 402 g/mol. The number of aromatic nitrogens is 3. The zero-order valence-electron chi connectivity index (χ0n) is 17.6. The van der Waals surface area contributed by atoms with Gasteiger partial charge in [-0.15, -0.1) is 0 Å². The van der Waals surface area contributed by atoms with Crippen molar-refractivity contribution in [1.29, 1.82) is 0 Å². The predicted octanol–water partition coefficient (Wildman–Crippen LogP) is 1.45. The number of amides is 2. The lowest BCUT2D eigenvalue weighted by Gasteiger charge is -2.18. The van der Waals surface area contributed by atoms with Crippen molar-refractivity contribution in [2.45, 2.75) is 45.3 Å². The first-order valence-corrected chi connectivity index (χ1v) is 9.90. The number of anilines is 1. The molecule has 158 valence electrons. The smallest absolute Gasteiger partial charge is 0.345 e. The minimum atomic E-state index is -0.276. The molecule has 0 spiro atoms. The van der Waals surface area contributed by atoms with Gasteiger partial charge in [0.2, 0.25) is 0 Å². The van der Waals surface area contributed by atoms with Crippen LogP contribution >= 0.6 is 0 Å². The third-order valence-electron chi connectivity index (χ3n) is 5.11. The molecule has 0 bridgehead atoms. The lowest BCUT2D eigenvalue weighted by atomic mass is 10.1. The molecule has 29 heavy (non-hydrogen) atoms. The van der Waals surface area contributed by atoms with Gasteiger partial charge in [-0.1, -0.05) is 6.07 Å². The molecular formula is C20H30N6O3. The average Bonchev–Trinajstić information content (AvgIpc) is 2.83. The van der Waals surface area contributed by atoms with Gasteiger partial charge in [-0.25, -0.2) is 14.3 Å². The van der Waals surface area contributed by atoms with Gasteiger partial charge >= 0.3 is 11.7 Å². The summed E-state index contributed by atoms with van der Waals surface area (Å²) in [6.07, 6.45) is 2.08. The summed E-state index contributed by atoms with van der Waals surface area (Å²) in [7, 11) is 5.52. The fourth-order valence-electron chi connectivity index (χ4n) is 3.48. The van der Waals surface area contributed by atoms with E-state index in [0.717, 1.165) is 24.4 Å². The molecule has 2 aromatic rings. The van der Waals surface area contributed by atoms with Crippen LogP contribution in [0.5, 0.6) is 5.75 Å². The van der Waals surface area contributed by atoms with E-state index in [1.54, 1.807) is 16.4 Å². The molecule has 1 aromatic heterocycles. The van der Waals surface area contributed by atoms with E-state index in [9.17, 15) is 9.59 Å². The fourth-order valence-corrected chi connectivity index (χ4v) is 3.48. The van der Waals surface area contributed by atoms with E-state index in [1.165, 1.54) is 0 Å². The number of carbonyl (C=O) groups excluding carboxylic acids is 1. The molecule has 1 aliphatic rings. The van der Waals surface area contributed by atoms with E-state index in [-0.39, 0.29) is 17.8 Å². The van der Waals surface area contributed by atoms with Gasteiger partial charge in [-0.3, -0.25) is 4.57 Å². The number of carbonyl (C=O) groups is 1. The second-order valence-electron chi connectivity index (χ2n) is 7.70. The molecule has 0 saturated carbocycles. The highest BCUT2D eigenvalue weighted by Crippen LogP contribution is 2.25. The van der Waals surface area contributed by atoms with Gasteiger partial charge in [0.05, 0.1) is 19.3 Å². The highest BCUT2D eigenvalue weighted by atomic mass is 16.5. The van der Waals surface area contributed by atoms with Crippen LogP contribution in [0.3, 0.4) is 0 Å². The lowest BCUT2D eigenvalue weighted by Crippen LogP contribution is -2.38. The topological polar surface area (TPSA) is 93.4 Å².